The Morgan fingerprint density at radius 1 is 1.41 bits per heavy atom. The second kappa shape index (κ2) is 5.23. The Hall–Kier alpha value is -1.49. The number of halogens is 3. The summed E-state index contributed by atoms with van der Waals surface area (Å²) in [4.78, 5) is 0. The van der Waals surface area contributed by atoms with Crippen LogP contribution in [-0.4, -0.2) is 5.11 Å². The summed E-state index contributed by atoms with van der Waals surface area (Å²) in [7, 11) is 0. The molecule has 0 bridgehead atoms. The van der Waals surface area contributed by atoms with Gasteiger partial charge in [-0.25, -0.2) is 0 Å². The van der Waals surface area contributed by atoms with Gasteiger partial charge in [-0.3, -0.25) is 0 Å². The van der Waals surface area contributed by atoms with Gasteiger partial charge in [-0.2, -0.15) is 13.2 Å². The lowest BCUT2D eigenvalue weighted by atomic mass is 10.0. The van der Waals surface area contributed by atoms with E-state index in [1.165, 1.54) is 0 Å². The van der Waals surface area contributed by atoms with Crippen molar-refractivity contribution in [2.75, 3.05) is 5.73 Å². The van der Waals surface area contributed by atoms with Crippen LogP contribution in [0, 0.1) is 0 Å². The minimum Gasteiger partial charge on any atom is -0.398 e. The summed E-state index contributed by atoms with van der Waals surface area (Å²) < 4.78 is 37.4. The third-order valence-electron chi connectivity index (χ3n) is 2.42. The van der Waals surface area contributed by atoms with Crippen LogP contribution in [0.3, 0.4) is 0 Å². The highest BCUT2D eigenvalue weighted by atomic mass is 19.4. The highest BCUT2D eigenvalue weighted by Crippen LogP contribution is 2.33. The van der Waals surface area contributed by atoms with Crippen LogP contribution in [0.25, 0.3) is 0 Å². The molecule has 0 radical (unpaired) electrons. The van der Waals surface area contributed by atoms with Crippen molar-refractivity contribution in [3.63, 3.8) is 0 Å². The van der Waals surface area contributed by atoms with Crippen LogP contribution in [0.4, 0.5) is 18.9 Å². The summed E-state index contributed by atoms with van der Waals surface area (Å²) in [6.07, 6.45) is -3.03. The molecule has 1 aromatic carbocycles. The molecule has 0 fully saturated rings. The van der Waals surface area contributed by atoms with Crippen molar-refractivity contribution >= 4 is 5.69 Å². The maximum absolute atomic E-state index is 12.5. The van der Waals surface area contributed by atoms with E-state index in [9.17, 15) is 18.3 Å². The molecule has 0 aliphatic carbocycles. The first kappa shape index (κ1) is 13.6. The molecule has 0 spiro atoms. The highest BCUT2D eigenvalue weighted by molar-refractivity contribution is 5.50. The van der Waals surface area contributed by atoms with E-state index in [0.717, 1.165) is 18.2 Å². The van der Waals surface area contributed by atoms with Crippen LogP contribution in [0.1, 0.15) is 30.1 Å². The lowest BCUT2D eigenvalue weighted by Crippen LogP contribution is -2.09. The van der Waals surface area contributed by atoms with Crippen LogP contribution >= 0.6 is 0 Å². The Labute approximate surface area is 97.6 Å². The molecule has 1 aromatic rings. The first-order valence-corrected chi connectivity index (χ1v) is 5.12. The van der Waals surface area contributed by atoms with Gasteiger partial charge in [-0.1, -0.05) is 6.08 Å². The molecule has 0 aromatic heterocycles. The minimum absolute atomic E-state index is 0.113. The normalized spacial score (nSPS) is 13.4. The van der Waals surface area contributed by atoms with Gasteiger partial charge in [0, 0.05) is 11.3 Å². The summed E-state index contributed by atoms with van der Waals surface area (Å²) in [5.74, 6) is 0. The van der Waals surface area contributed by atoms with Crippen molar-refractivity contribution < 1.29 is 18.3 Å². The van der Waals surface area contributed by atoms with Crippen LogP contribution in [-0.2, 0) is 6.18 Å². The highest BCUT2D eigenvalue weighted by Gasteiger charge is 2.31. The first-order valence-electron chi connectivity index (χ1n) is 5.12. The number of anilines is 1. The Bertz CT molecular complexity index is 401. The number of hydrogen-bond donors (Lipinski definition) is 2. The fraction of sp³-hybridized carbons (Fsp3) is 0.333. The smallest absolute Gasteiger partial charge is 0.398 e. The zero-order chi connectivity index (χ0) is 13.1. The van der Waals surface area contributed by atoms with Gasteiger partial charge in [-0.05, 0) is 31.0 Å². The molecular weight excluding hydrogens is 231 g/mol. The van der Waals surface area contributed by atoms with E-state index < -0.39 is 17.8 Å². The van der Waals surface area contributed by atoms with Crippen molar-refractivity contribution in [2.45, 2.75) is 25.1 Å². The molecule has 94 valence electrons. The first-order chi connectivity index (χ1) is 7.86. The van der Waals surface area contributed by atoms with E-state index in [1.54, 1.807) is 6.08 Å². The van der Waals surface area contributed by atoms with E-state index in [4.69, 9.17) is 5.73 Å². The van der Waals surface area contributed by atoms with E-state index in [-0.39, 0.29) is 11.3 Å². The predicted molar refractivity (Wildman–Crippen MR) is 60.2 cm³/mol. The monoisotopic (exact) mass is 245 g/mol. The van der Waals surface area contributed by atoms with Crippen molar-refractivity contribution in [1.29, 1.82) is 0 Å². The number of aliphatic hydroxyl groups excluding tert-OH is 1. The van der Waals surface area contributed by atoms with Gasteiger partial charge in [-0.15, -0.1) is 6.58 Å². The van der Waals surface area contributed by atoms with Crippen LogP contribution in [0.15, 0.2) is 30.9 Å². The van der Waals surface area contributed by atoms with Crippen molar-refractivity contribution in [3.05, 3.63) is 42.0 Å². The number of hydrogen-bond acceptors (Lipinski definition) is 2. The number of allylic oxidation sites excluding steroid dienone is 1. The molecule has 1 unspecified atom stereocenters. The van der Waals surface area contributed by atoms with Gasteiger partial charge in [0.25, 0.3) is 0 Å². The Kier molecular flexibility index (Phi) is 4.17. The Balaban J connectivity index is 3.02. The van der Waals surface area contributed by atoms with Gasteiger partial charge >= 0.3 is 6.18 Å². The average molecular weight is 245 g/mol. The third kappa shape index (κ3) is 3.49. The van der Waals surface area contributed by atoms with Gasteiger partial charge < -0.3 is 10.8 Å². The maximum Gasteiger partial charge on any atom is 0.416 e. The predicted octanol–water partition coefficient (Wildman–Crippen LogP) is 3.29. The molecule has 5 heteroatoms. The third-order valence-corrected chi connectivity index (χ3v) is 2.42. The van der Waals surface area contributed by atoms with Crippen LogP contribution < -0.4 is 5.73 Å². The topological polar surface area (TPSA) is 46.2 Å². The molecule has 0 saturated heterocycles. The molecule has 0 aliphatic heterocycles. The molecule has 0 saturated carbocycles. The van der Waals surface area contributed by atoms with E-state index in [0.29, 0.717) is 12.8 Å². The number of nitrogen functional groups attached to an aromatic ring is 1. The summed E-state index contributed by atoms with van der Waals surface area (Å²) in [6.45, 7) is 3.48. The van der Waals surface area contributed by atoms with Gasteiger partial charge in [0.1, 0.15) is 0 Å². The number of benzene rings is 1. The number of alkyl halides is 3. The lowest BCUT2D eigenvalue weighted by molar-refractivity contribution is -0.137. The minimum atomic E-state index is -4.43. The molecule has 3 N–H and O–H groups in total. The number of nitrogens with two attached hydrogens (primary N) is 1. The molecule has 1 rings (SSSR count). The molecule has 0 heterocycles. The second-order valence-electron chi connectivity index (χ2n) is 3.72. The van der Waals surface area contributed by atoms with Crippen molar-refractivity contribution in [3.8, 4) is 0 Å². The Morgan fingerprint density at radius 3 is 2.59 bits per heavy atom. The van der Waals surface area contributed by atoms with Crippen LogP contribution in [0.5, 0.6) is 0 Å². The van der Waals surface area contributed by atoms with Crippen LogP contribution in [0.2, 0.25) is 0 Å². The van der Waals surface area contributed by atoms with E-state index in [2.05, 4.69) is 6.58 Å². The standard InChI is InChI=1S/C12H14F3NO/c1-2-3-4-11(17)9-7-8(12(13,14)15)5-6-10(9)16/h2,5-7,11,17H,1,3-4,16H2. The number of rotatable bonds is 4. The van der Waals surface area contributed by atoms with Crippen molar-refractivity contribution in [1.82, 2.24) is 0 Å². The maximum atomic E-state index is 12.5. The second-order valence-corrected chi connectivity index (χ2v) is 3.72. The molecule has 1 atom stereocenters. The van der Waals surface area contributed by atoms with E-state index >= 15 is 0 Å². The molecule has 0 amide bonds. The zero-order valence-corrected chi connectivity index (χ0v) is 9.17. The largest absolute Gasteiger partial charge is 0.416 e. The lowest BCUT2D eigenvalue weighted by Gasteiger charge is -2.15. The molecule has 17 heavy (non-hydrogen) atoms. The van der Waals surface area contributed by atoms with Gasteiger partial charge in [0.15, 0.2) is 0 Å². The molecule has 2 nitrogen and oxygen atoms in total. The SMILES string of the molecule is C=CCCC(O)c1cc(C(F)(F)F)ccc1N. The molecule has 0 aliphatic rings. The van der Waals surface area contributed by atoms with Crippen molar-refractivity contribution in [2.24, 2.45) is 0 Å². The van der Waals surface area contributed by atoms with Gasteiger partial charge in [0.05, 0.1) is 11.7 Å². The quantitative estimate of drug-likeness (QED) is 0.631. The summed E-state index contributed by atoms with van der Waals surface area (Å²) in [6, 6.07) is 2.96. The fourth-order valence-electron chi connectivity index (χ4n) is 1.47. The zero-order valence-electron chi connectivity index (χ0n) is 9.17. The summed E-state index contributed by atoms with van der Waals surface area (Å²) >= 11 is 0. The number of aliphatic hydroxyl groups is 1. The van der Waals surface area contributed by atoms with E-state index in [1.807, 2.05) is 0 Å². The summed E-state index contributed by atoms with van der Waals surface area (Å²) in [5.41, 5.74) is 5.02. The Morgan fingerprint density at radius 2 is 2.06 bits per heavy atom. The average Bonchev–Trinajstić information content (AvgIpc) is 2.24. The van der Waals surface area contributed by atoms with Gasteiger partial charge in [0.2, 0.25) is 0 Å². The molecular formula is C12H14F3NO. The summed E-state index contributed by atoms with van der Waals surface area (Å²) in [5, 5.41) is 9.73. The fourth-order valence-corrected chi connectivity index (χ4v) is 1.47.